The van der Waals surface area contributed by atoms with E-state index < -0.39 is 0 Å². The van der Waals surface area contributed by atoms with Gasteiger partial charge in [0.15, 0.2) is 0 Å². The van der Waals surface area contributed by atoms with Crippen LogP contribution in [-0.2, 0) is 0 Å². The molecule has 0 aliphatic heterocycles. The molecule has 0 aliphatic carbocycles. The molecular weight excluding hydrogens is 717 g/mol. The normalized spacial score (nSPS) is 11.6. The van der Waals surface area contributed by atoms with Crippen LogP contribution >= 0.6 is 0 Å². The first-order chi connectivity index (χ1) is 21.8. The van der Waals surface area contributed by atoms with Gasteiger partial charge < -0.3 is 0 Å². The van der Waals surface area contributed by atoms with Crippen molar-refractivity contribution in [2.24, 2.45) is 0 Å². The van der Waals surface area contributed by atoms with E-state index in [1.54, 1.807) is 0 Å². The fourth-order valence-electron chi connectivity index (χ4n) is 6.12. The number of fused-ring (bicyclic) bond motifs is 6. The minimum absolute atomic E-state index is 0.261. The maximum atomic E-state index is 5.24. The van der Waals surface area contributed by atoms with E-state index in [2.05, 4.69) is 140 Å². The van der Waals surface area contributed by atoms with Crippen molar-refractivity contribution in [2.45, 2.75) is 0 Å². The predicted octanol–water partition coefficient (Wildman–Crippen LogP) is 9.27. The van der Waals surface area contributed by atoms with E-state index in [0.29, 0.717) is 17.5 Å². The van der Waals surface area contributed by atoms with Gasteiger partial charge in [-0.25, -0.2) is 0 Å². The Labute approximate surface area is 269 Å². The quantitative estimate of drug-likeness (QED) is 0.169. The zero-order chi connectivity index (χ0) is 29.0. The average molecular weight is 740 g/mol. The number of benzene rings is 6. The van der Waals surface area contributed by atoms with Crippen molar-refractivity contribution >= 4 is 71.8 Å². The third kappa shape index (κ3) is 4.36. The van der Waals surface area contributed by atoms with Gasteiger partial charge in [-0.05, 0) is 0 Å². The minimum atomic E-state index is -0.384. The first kappa shape index (κ1) is 26.1. The number of hydrogen-bond donors (Lipinski definition) is 0. The van der Waals surface area contributed by atoms with Crippen LogP contribution in [-0.4, -0.2) is 49.9 Å². The molecule has 6 aromatic carbocycles. The van der Waals surface area contributed by atoms with Crippen LogP contribution in [0.15, 0.2) is 140 Å². The summed E-state index contributed by atoms with van der Waals surface area (Å²) in [4.78, 5) is 15.7. The van der Waals surface area contributed by atoms with Gasteiger partial charge in [0.2, 0.25) is 0 Å². The van der Waals surface area contributed by atoms with Crippen molar-refractivity contribution in [3.8, 4) is 45.3 Å². The molecule has 0 atom stereocenters. The molecule has 0 N–H and O–H groups in total. The summed E-state index contributed by atoms with van der Waals surface area (Å²) in [7, 11) is 0. The van der Waals surface area contributed by atoms with Crippen LogP contribution in [0, 0.1) is 0 Å². The Morgan fingerprint density at radius 2 is 1.05 bits per heavy atom. The second-order valence-electron chi connectivity index (χ2n) is 10.8. The molecule has 9 aromatic rings. The second-order valence-corrected chi connectivity index (χ2v) is 16.2. The SMILES string of the molecule is c1ccc(-c2ccccc2-c2nc(-c3ccc4[te]c5ccccc5c4c3)nc(-c3cccc4[se]c5ccccc5c34)n2)cc1. The Bertz CT molecular complexity index is 2510. The van der Waals surface area contributed by atoms with Gasteiger partial charge in [0.25, 0.3) is 0 Å². The number of aromatic nitrogens is 3. The summed E-state index contributed by atoms with van der Waals surface area (Å²) in [6, 6.07) is 49.9. The van der Waals surface area contributed by atoms with Crippen molar-refractivity contribution in [1.82, 2.24) is 15.0 Å². The predicted molar refractivity (Wildman–Crippen MR) is 185 cm³/mol. The molecule has 44 heavy (non-hydrogen) atoms. The molecule has 0 bridgehead atoms. The molecule has 0 amide bonds. The van der Waals surface area contributed by atoms with Gasteiger partial charge in [-0.1, -0.05) is 0 Å². The molecule has 0 saturated heterocycles. The third-order valence-electron chi connectivity index (χ3n) is 8.17. The van der Waals surface area contributed by atoms with E-state index in [9.17, 15) is 0 Å². The Balaban J connectivity index is 1.33. The fraction of sp³-hybridized carbons (Fsp3) is 0. The molecule has 0 aliphatic rings. The third-order valence-corrected chi connectivity index (χ3v) is 13.8. The molecule has 0 unspecified atom stereocenters. The van der Waals surface area contributed by atoms with Crippen LogP contribution in [0.4, 0.5) is 0 Å². The van der Waals surface area contributed by atoms with E-state index >= 15 is 0 Å². The van der Waals surface area contributed by atoms with E-state index in [1.165, 1.54) is 36.9 Å². The van der Waals surface area contributed by atoms with Gasteiger partial charge in [-0.3, -0.25) is 0 Å². The van der Waals surface area contributed by atoms with Gasteiger partial charge in [0.1, 0.15) is 0 Å². The van der Waals surface area contributed by atoms with Crippen LogP contribution in [0.1, 0.15) is 0 Å². The first-order valence-electron chi connectivity index (χ1n) is 14.5. The monoisotopic (exact) mass is 743 g/mol. The van der Waals surface area contributed by atoms with Crippen LogP contribution < -0.4 is 0 Å². The molecule has 5 heteroatoms. The molecule has 3 heterocycles. The van der Waals surface area contributed by atoms with Gasteiger partial charge >= 0.3 is 272 Å². The Kier molecular flexibility index (Phi) is 6.32. The topological polar surface area (TPSA) is 38.7 Å². The van der Waals surface area contributed by atoms with Crippen molar-refractivity contribution in [3.63, 3.8) is 0 Å². The summed E-state index contributed by atoms with van der Waals surface area (Å²) < 4.78 is 5.76. The van der Waals surface area contributed by atoms with Gasteiger partial charge in [0, 0.05) is 0 Å². The summed E-state index contributed by atoms with van der Waals surface area (Å²) in [6.45, 7) is 0. The number of hydrogen-bond acceptors (Lipinski definition) is 3. The molecule has 206 valence electrons. The second kappa shape index (κ2) is 10.7. The summed E-state index contributed by atoms with van der Waals surface area (Å²) in [5, 5.41) is 5.24. The van der Waals surface area contributed by atoms with Crippen LogP contribution in [0.3, 0.4) is 0 Å². The van der Waals surface area contributed by atoms with Crippen LogP contribution in [0.5, 0.6) is 0 Å². The Hall–Kier alpha value is -4.36. The molecular formula is C39H23N3SeTe. The number of rotatable bonds is 4. The van der Waals surface area contributed by atoms with Crippen molar-refractivity contribution < 1.29 is 0 Å². The summed E-state index contributed by atoms with van der Waals surface area (Å²) in [5.74, 6) is 2.11. The molecule has 0 spiro atoms. The summed E-state index contributed by atoms with van der Waals surface area (Å²) >= 11 is -0.122. The Morgan fingerprint density at radius 3 is 1.93 bits per heavy atom. The molecule has 0 saturated carbocycles. The molecule has 0 radical (unpaired) electrons. The van der Waals surface area contributed by atoms with Gasteiger partial charge in [-0.2, -0.15) is 0 Å². The summed E-state index contributed by atoms with van der Waals surface area (Å²) in [5.41, 5.74) is 5.33. The first-order valence-corrected chi connectivity index (χ1v) is 18.6. The van der Waals surface area contributed by atoms with E-state index in [4.69, 9.17) is 15.0 Å². The van der Waals surface area contributed by atoms with Crippen molar-refractivity contribution in [3.05, 3.63) is 140 Å². The maximum absolute atomic E-state index is 5.24. The van der Waals surface area contributed by atoms with Gasteiger partial charge in [-0.15, -0.1) is 0 Å². The molecule has 3 aromatic heterocycles. The zero-order valence-corrected chi connectivity index (χ0v) is 27.5. The molecule has 3 nitrogen and oxygen atoms in total. The molecule has 9 rings (SSSR count). The van der Waals surface area contributed by atoms with Crippen LogP contribution in [0.25, 0.3) is 82.2 Å². The summed E-state index contributed by atoms with van der Waals surface area (Å²) in [6.07, 6.45) is 0. The van der Waals surface area contributed by atoms with E-state index in [-0.39, 0.29) is 34.9 Å². The fourth-order valence-corrected chi connectivity index (χ4v) is 11.6. The Morgan fingerprint density at radius 1 is 0.409 bits per heavy atom. The standard InChI is InChI=1S/C39H23N3SeTe/c1-2-11-24(12-3-1)26-13-4-5-15-28(26)38-40-37(25-21-22-35-31(23-25)27-14-7-9-20-34(27)44-35)41-39(42-38)30-17-10-19-33-36(30)29-16-6-8-18-32(29)43-33/h1-23H. The van der Waals surface area contributed by atoms with Crippen LogP contribution in [0.2, 0.25) is 0 Å². The van der Waals surface area contributed by atoms with E-state index in [0.717, 1.165) is 27.8 Å². The van der Waals surface area contributed by atoms with Crippen molar-refractivity contribution in [2.75, 3.05) is 0 Å². The number of nitrogens with zero attached hydrogens (tertiary/aromatic N) is 3. The zero-order valence-electron chi connectivity index (χ0n) is 23.4. The van der Waals surface area contributed by atoms with Gasteiger partial charge in [0.05, 0.1) is 0 Å². The van der Waals surface area contributed by atoms with E-state index in [1.807, 2.05) is 0 Å². The average Bonchev–Trinajstić information content (AvgIpc) is 3.66. The van der Waals surface area contributed by atoms with Crippen molar-refractivity contribution in [1.29, 1.82) is 0 Å². The molecule has 0 fully saturated rings.